The molecule has 0 saturated carbocycles. The van der Waals surface area contributed by atoms with Gasteiger partial charge in [-0.25, -0.2) is 0 Å². The SMILES string of the molecule is C[C@]1(C(=O)[C@@H]([NH3+])CC2=CCCC2)CO1.[CH3-]. The second-order valence-electron chi connectivity index (χ2n) is 4.54. The molecule has 0 amide bonds. The van der Waals surface area contributed by atoms with Crippen LogP contribution in [-0.2, 0) is 9.53 Å². The number of rotatable bonds is 4. The van der Waals surface area contributed by atoms with Gasteiger partial charge in [0.1, 0.15) is 0 Å². The van der Waals surface area contributed by atoms with Crippen LogP contribution in [0.4, 0.5) is 0 Å². The molecule has 0 bridgehead atoms. The van der Waals surface area contributed by atoms with Crippen molar-refractivity contribution in [1.82, 2.24) is 0 Å². The van der Waals surface area contributed by atoms with Crippen molar-refractivity contribution in [3.8, 4) is 0 Å². The van der Waals surface area contributed by atoms with E-state index in [0.29, 0.717) is 6.61 Å². The van der Waals surface area contributed by atoms with Crippen molar-refractivity contribution in [3.05, 3.63) is 19.1 Å². The Morgan fingerprint density at radius 1 is 1.73 bits per heavy atom. The van der Waals surface area contributed by atoms with Gasteiger partial charge in [0.15, 0.2) is 11.6 Å². The standard InChI is InChI=1S/C11H17NO2.CH3/c1-11(7-14-11)10(13)9(12)6-8-4-2-3-5-8;/h4,9H,2-3,5-7,12H2,1H3;1H3/q;-1/p+1/t9-,11+;/m0./s1. The number of ketones is 1. The maximum absolute atomic E-state index is 11.8. The van der Waals surface area contributed by atoms with E-state index in [4.69, 9.17) is 4.74 Å². The molecule has 86 valence electrons. The molecule has 0 aromatic carbocycles. The van der Waals surface area contributed by atoms with Gasteiger partial charge in [-0.15, -0.1) is 0 Å². The second kappa shape index (κ2) is 4.45. The van der Waals surface area contributed by atoms with E-state index in [9.17, 15) is 4.79 Å². The molecule has 1 fully saturated rings. The summed E-state index contributed by atoms with van der Waals surface area (Å²) in [6.45, 7) is 2.44. The molecule has 2 aliphatic rings. The predicted molar refractivity (Wildman–Crippen MR) is 59.0 cm³/mol. The molecule has 1 saturated heterocycles. The summed E-state index contributed by atoms with van der Waals surface area (Å²) in [6.07, 6.45) is 6.64. The largest absolute Gasteiger partial charge is 0.361 e. The highest BCUT2D eigenvalue weighted by molar-refractivity contribution is 5.92. The molecular weight excluding hydrogens is 190 g/mol. The minimum absolute atomic E-state index is 0. The van der Waals surface area contributed by atoms with E-state index in [1.165, 1.54) is 18.4 Å². The van der Waals surface area contributed by atoms with Crippen LogP contribution >= 0.6 is 0 Å². The Labute approximate surface area is 91.7 Å². The summed E-state index contributed by atoms with van der Waals surface area (Å²) in [7, 11) is 0. The number of carbonyl (C=O) groups excluding carboxylic acids is 1. The smallest absolute Gasteiger partial charge is 0.223 e. The van der Waals surface area contributed by atoms with E-state index in [0.717, 1.165) is 12.8 Å². The molecule has 3 heteroatoms. The highest BCUT2D eigenvalue weighted by Gasteiger charge is 2.50. The summed E-state index contributed by atoms with van der Waals surface area (Å²) in [5, 5.41) is 0. The second-order valence-corrected chi connectivity index (χ2v) is 4.54. The van der Waals surface area contributed by atoms with Gasteiger partial charge in [-0.2, -0.15) is 0 Å². The molecule has 3 N–H and O–H groups in total. The van der Waals surface area contributed by atoms with Gasteiger partial charge in [0.2, 0.25) is 5.78 Å². The summed E-state index contributed by atoms with van der Waals surface area (Å²) in [5.74, 6) is 0.172. The monoisotopic (exact) mass is 211 g/mol. The fraction of sp³-hybridized carbons (Fsp3) is 0.667. The summed E-state index contributed by atoms with van der Waals surface area (Å²) in [4.78, 5) is 11.8. The zero-order valence-electron chi connectivity index (χ0n) is 9.71. The van der Waals surface area contributed by atoms with Crippen LogP contribution < -0.4 is 5.73 Å². The molecule has 1 aliphatic carbocycles. The van der Waals surface area contributed by atoms with E-state index < -0.39 is 5.60 Å². The Morgan fingerprint density at radius 3 is 2.87 bits per heavy atom. The van der Waals surface area contributed by atoms with Gasteiger partial charge in [-0.3, -0.25) is 4.79 Å². The summed E-state index contributed by atoms with van der Waals surface area (Å²) >= 11 is 0. The number of ether oxygens (including phenoxy) is 1. The molecule has 2 rings (SSSR count). The normalized spacial score (nSPS) is 30.4. The van der Waals surface area contributed by atoms with Crippen LogP contribution in [0.1, 0.15) is 32.6 Å². The lowest BCUT2D eigenvalue weighted by Gasteiger charge is -2.10. The first kappa shape index (κ1) is 12.4. The van der Waals surface area contributed by atoms with Gasteiger partial charge in [0.05, 0.1) is 6.61 Å². The van der Waals surface area contributed by atoms with E-state index >= 15 is 0 Å². The van der Waals surface area contributed by atoms with Crippen molar-refractivity contribution >= 4 is 5.78 Å². The highest BCUT2D eigenvalue weighted by Crippen LogP contribution is 2.29. The van der Waals surface area contributed by atoms with Crippen LogP contribution in [0.2, 0.25) is 0 Å². The Morgan fingerprint density at radius 2 is 2.40 bits per heavy atom. The molecular formula is C12H21NO2. The molecule has 3 nitrogen and oxygen atoms in total. The first-order valence-electron chi connectivity index (χ1n) is 5.31. The van der Waals surface area contributed by atoms with Crippen molar-refractivity contribution in [2.45, 2.75) is 44.2 Å². The molecule has 1 aliphatic heterocycles. The summed E-state index contributed by atoms with van der Waals surface area (Å²) in [6, 6.07) is -0.119. The molecule has 0 radical (unpaired) electrons. The maximum atomic E-state index is 11.8. The molecule has 15 heavy (non-hydrogen) atoms. The quantitative estimate of drug-likeness (QED) is 0.427. The maximum Gasteiger partial charge on any atom is 0.223 e. The fourth-order valence-electron chi connectivity index (χ4n) is 2.01. The third-order valence-electron chi connectivity index (χ3n) is 3.11. The third kappa shape index (κ3) is 2.67. The van der Waals surface area contributed by atoms with Gasteiger partial charge < -0.3 is 17.9 Å². The number of hydrogen-bond acceptors (Lipinski definition) is 2. The van der Waals surface area contributed by atoms with E-state index in [1.807, 2.05) is 6.92 Å². The molecule has 2 atom stereocenters. The zero-order chi connectivity index (χ0) is 10.2. The van der Waals surface area contributed by atoms with E-state index in [2.05, 4.69) is 11.8 Å². The van der Waals surface area contributed by atoms with Crippen molar-refractivity contribution in [1.29, 1.82) is 0 Å². The van der Waals surface area contributed by atoms with Crippen LogP contribution in [-0.4, -0.2) is 24.0 Å². The third-order valence-corrected chi connectivity index (χ3v) is 3.11. The van der Waals surface area contributed by atoms with Crippen LogP contribution in [0.15, 0.2) is 11.6 Å². The highest BCUT2D eigenvalue weighted by atomic mass is 16.6. The number of allylic oxidation sites excluding steroid dienone is 1. The molecule has 0 unspecified atom stereocenters. The van der Waals surface area contributed by atoms with Gasteiger partial charge >= 0.3 is 0 Å². The average Bonchev–Trinajstić information content (AvgIpc) is 2.71. The van der Waals surface area contributed by atoms with Crippen molar-refractivity contribution < 1.29 is 15.3 Å². The Bertz CT molecular complexity index is 279. The van der Waals surface area contributed by atoms with Gasteiger partial charge in [-0.1, -0.05) is 11.6 Å². The van der Waals surface area contributed by atoms with E-state index in [-0.39, 0.29) is 19.3 Å². The number of quaternary nitrogens is 1. The molecule has 0 spiro atoms. The fourth-order valence-corrected chi connectivity index (χ4v) is 2.01. The van der Waals surface area contributed by atoms with Crippen molar-refractivity contribution in [2.24, 2.45) is 0 Å². The Kier molecular flexibility index (Phi) is 3.68. The number of carbonyl (C=O) groups is 1. The van der Waals surface area contributed by atoms with Crippen LogP contribution in [0.25, 0.3) is 0 Å². The first-order valence-corrected chi connectivity index (χ1v) is 5.31. The van der Waals surface area contributed by atoms with Gasteiger partial charge in [-0.05, 0) is 26.2 Å². The Hall–Kier alpha value is -0.670. The molecule has 1 heterocycles. The number of epoxide rings is 1. The lowest BCUT2D eigenvalue weighted by atomic mass is 9.95. The van der Waals surface area contributed by atoms with Gasteiger partial charge in [0, 0.05) is 6.42 Å². The predicted octanol–water partition coefficient (Wildman–Crippen LogP) is 0.906. The number of hydrogen-bond donors (Lipinski definition) is 1. The summed E-state index contributed by atoms with van der Waals surface area (Å²) < 4.78 is 5.13. The molecule has 0 aromatic heterocycles. The lowest BCUT2D eigenvalue weighted by molar-refractivity contribution is -0.403. The molecule has 0 aromatic rings. The first-order chi connectivity index (χ1) is 6.62. The van der Waals surface area contributed by atoms with Crippen LogP contribution in [0.5, 0.6) is 0 Å². The minimum Gasteiger partial charge on any atom is -0.361 e. The minimum atomic E-state index is -0.494. The van der Waals surface area contributed by atoms with Crippen molar-refractivity contribution in [3.63, 3.8) is 0 Å². The van der Waals surface area contributed by atoms with Crippen molar-refractivity contribution in [2.75, 3.05) is 6.61 Å². The average molecular weight is 211 g/mol. The number of Topliss-reactive ketones (excluding diaryl/α,β-unsaturated/α-hetero) is 1. The van der Waals surface area contributed by atoms with E-state index in [1.54, 1.807) is 0 Å². The lowest BCUT2D eigenvalue weighted by Crippen LogP contribution is -2.67. The topological polar surface area (TPSA) is 57.2 Å². The summed E-state index contributed by atoms with van der Waals surface area (Å²) in [5.41, 5.74) is 4.85. The Balaban J connectivity index is 0.00000112. The van der Waals surface area contributed by atoms with Crippen LogP contribution in [0, 0.1) is 7.43 Å². The van der Waals surface area contributed by atoms with Gasteiger partial charge in [0.25, 0.3) is 0 Å². The van der Waals surface area contributed by atoms with Crippen LogP contribution in [0.3, 0.4) is 0 Å². The zero-order valence-corrected chi connectivity index (χ0v) is 9.71.